The highest BCUT2D eigenvalue weighted by atomic mass is 16.3. The summed E-state index contributed by atoms with van der Waals surface area (Å²) >= 11 is 0. The number of rotatable bonds is 6. The molecule has 3 nitrogen and oxygen atoms in total. The molecule has 0 unspecified atom stereocenters. The van der Waals surface area contributed by atoms with Crippen LogP contribution in [0.15, 0.2) is 59.2 Å². The molecule has 2 rings (SSSR count). The molecule has 0 N–H and O–H groups in total. The maximum Gasteiger partial charge on any atom is 0.157 e. The van der Waals surface area contributed by atoms with Crippen LogP contribution in [-0.4, -0.2) is 19.4 Å². The highest BCUT2D eigenvalue weighted by molar-refractivity contribution is 5.93. The molecule has 0 aliphatic rings. The lowest BCUT2D eigenvalue weighted by Crippen LogP contribution is -2.20. The minimum absolute atomic E-state index is 0.0965. The van der Waals surface area contributed by atoms with E-state index in [2.05, 4.69) is 4.90 Å². The Morgan fingerprint density at radius 2 is 2.00 bits per heavy atom. The zero-order chi connectivity index (χ0) is 13.5. The van der Waals surface area contributed by atoms with Crippen LogP contribution in [0.3, 0.4) is 0 Å². The summed E-state index contributed by atoms with van der Waals surface area (Å²) < 4.78 is 5.13. The highest BCUT2D eigenvalue weighted by Gasteiger charge is 2.03. The molecule has 19 heavy (non-hydrogen) atoms. The summed E-state index contributed by atoms with van der Waals surface area (Å²) in [5.41, 5.74) is 1.12. The summed E-state index contributed by atoms with van der Waals surface area (Å²) in [6.45, 7) is 0.700. The zero-order valence-corrected chi connectivity index (χ0v) is 11.0. The van der Waals surface area contributed by atoms with Gasteiger partial charge in [-0.05, 0) is 36.4 Å². The van der Waals surface area contributed by atoms with Gasteiger partial charge in [0, 0.05) is 25.7 Å². The molecule has 0 aliphatic carbocycles. The summed E-state index contributed by atoms with van der Waals surface area (Å²) in [5.74, 6) is 0.795. The molecule has 98 valence electrons. The quantitative estimate of drug-likeness (QED) is 0.742. The van der Waals surface area contributed by atoms with Crippen molar-refractivity contribution in [1.82, 2.24) is 0 Å². The van der Waals surface area contributed by atoms with Crippen molar-refractivity contribution in [1.29, 1.82) is 0 Å². The molecule has 2 aromatic rings. The second-order valence-corrected chi connectivity index (χ2v) is 4.32. The first kappa shape index (κ1) is 13.1. The van der Waals surface area contributed by atoms with Crippen molar-refractivity contribution in [2.24, 2.45) is 0 Å². The molecule has 0 saturated carbocycles. The lowest BCUT2D eigenvalue weighted by Gasteiger charge is -2.18. The molecular weight excluding hydrogens is 238 g/mol. The van der Waals surface area contributed by atoms with Crippen LogP contribution < -0.4 is 4.90 Å². The zero-order valence-electron chi connectivity index (χ0n) is 11.0. The second-order valence-electron chi connectivity index (χ2n) is 4.32. The Balaban J connectivity index is 1.81. The molecular formula is C16H17NO2. The topological polar surface area (TPSA) is 33.5 Å². The van der Waals surface area contributed by atoms with E-state index in [1.807, 2.05) is 43.4 Å². The molecule has 1 heterocycles. The van der Waals surface area contributed by atoms with E-state index in [-0.39, 0.29) is 5.78 Å². The molecule has 0 atom stereocenters. The number of anilines is 1. The number of para-hydroxylation sites is 1. The average Bonchev–Trinajstić information content (AvgIpc) is 2.96. The van der Waals surface area contributed by atoms with Crippen LogP contribution in [-0.2, 0) is 4.79 Å². The lowest BCUT2D eigenvalue weighted by atomic mass is 10.2. The number of carbonyl (C=O) groups excluding carboxylic acids is 1. The van der Waals surface area contributed by atoms with Gasteiger partial charge in [-0.1, -0.05) is 18.2 Å². The fourth-order valence-electron chi connectivity index (χ4n) is 1.73. The number of ketones is 1. The van der Waals surface area contributed by atoms with E-state index in [0.717, 1.165) is 5.69 Å². The van der Waals surface area contributed by atoms with Gasteiger partial charge in [-0.2, -0.15) is 0 Å². The minimum Gasteiger partial charge on any atom is -0.465 e. The smallest absolute Gasteiger partial charge is 0.157 e. The third-order valence-electron chi connectivity index (χ3n) is 2.87. The van der Waals surface area contributed by atoms with Crippen molar-refractivity contribution in [3.05, 3.63) is 60.6 Å². The van der Waals surface area contributed by atoms with E-state index in [4.69, 9.17) is 4.42 Å². The van der Waals surface area contributed by atoms with E-state index in [9.17, 15) is 4.79 Å². The summed E-state index contributed by atoms with van der Waals surface area (Å²) in [6.07, 6.45) is 5.35. The van der Waals surface area contributed by atoms with E-state index >= 15 is 0 Å². The minimum atomic E-state index is 0.0965. The predicted molar refractivity (Wildman–Crippen MR) is 77.1 cm³/mol. The first-order valence-corrected chi connectivity index (χ1v) is 6.26. The molecule has 0 bridgehead atoms. The van der Waals surface area contributed by atoms with Gasteiger partial charge in [-0.3, -0.25) is 4.79 Å². The Morgan fingerprint density at radius 1 is 1.21 bits per heavy atom. The third kappa shape index (κ3) is 4.14. The largest absolute Gasteiger partial charge is 0.465 e. The molecule has 0 saturated heterocycles. The standard InChI is InChI=1S/C16H17NO2/c1-17(14-6-3-2-4-7-14)12-11-15(18)9-10-16-8-5-13-19-16/h2-10,13H,11-12H2,1H3/b10-9+. The molecule has 0 aliphatic heterocycles. The van der Waals surface area contributed by atoms with Crippen LogP contribution in [0, 0.1) is 0 Å². The van der Waals surface area contributed by atoms with Gasteiger partial charge in [0.15, 0.2) is 5.78 Å². The lowest BCUT2D eigenvalue weighted by molar-refractivity contribution is -0.114. The maximum atomic E-state index is 11.7. The van der Waals surface area contributed by atoms with Crippen molar-refractivity contribution in [2.45, 2.75) is 6.42 Å². The molecule has 0 fully saturated rings. The number of benzene rings is 1. The van der Waals surface area contributed by atoms with E-state index in [1.165, 1.54) is 0 Å². The van der Waals surface area contributed by atoms with Crippen LogP contribution in [0.1, 0.15) is 12.2 Å². The van der Waals surface area contributed by atoms with E-state index in [1.54, 1.807) is 24.5 Å². The number of hydrogen-bond donors (Lipinski definition) is 0. The summed E-state index contributed by atoms with van der Waals surface area (Å²) in [6, 6.07) is 13.6. The van der Waals surface area contributed by atoms with Crippen molar-refractivity contribution in [2.75, 3.05) is 18.5 Å². The number of carbonyl (C=O) groups is 1. The van der Waals surface area contributed by atoms with Crippen molar-refractivity contribution >= 4 is 17.5 Å². The van der Waals surface area contributed by atoms with Gasteiger partial charge in [0.05, 0.1) is 6.26 Å². The Hall–Kier alpha value is -2.29. The van der Waals surface area contributed by atoms with Gasteiger partial charge in [-0.15, -0.1) is 0 Å². The normalized spacial score (nSPS) is 10.8. The first-order chi connectivity index (χ1) is 9.25. The van der Waals surface area contributed by atoms with Gasteiger partial charge in [0.25, 0.3) is 0 Å². The second kappa shape index (κ2) is 6.59. The summed E-state index contributed by atoms with van der Waals surface area (Å²) in [7, 11) is 1.98. The Labute approximate surface area is 113 Å². The molecule has 0 spiro atoms. The van der Waals surface area contributed by atoms with Gasteiger partial charge < -0.3 is 9.32 Å². The van der Waals surface area contributed by atoms with Gasteiger partial charge in [0.1, 0.15) is 5.76 Å². The Morgan fingerprint density at radius 3 is 2.68 bits per heavy atom. The molecule has 1 aromatic carbocycles. The number of nitrogens with zero attached hydrogens (tertiary/aromatic N) is 1. The van der Waals surface area contributed by atoms with Crippen LogP contribution in [0.2, 0.25) is 0 Å². The van der Waals surface area contributed by atoms with Crippen LogP contribution in [0.25, 0.3) is 6.08 Å². The Bertz CT molecular complexity index is 529. The fraction of sp³-hybridized carbons (Fsp3) is 0.188. The SMILES string of the molecule is CN(CCC(=O)/C=C/c1ccco1)c1ccccc1. The van der Waals surface area contributed by atoms with Gasteiger partial charge >= 0.3 is 0 Å². The molecule has 1 aromatic heterocycles. The number of allylic oxidation sites excluding steroid dienone is 1. The van der Waals surface area contributed by atoms with Gasteiger partial charge in [-0.25, -0.2) is 0 Å². The van der Waals surface area contributed by atoms with Crippen molar-refractivity contribution in [3.8, 4) is 0 Å². The third-order valence-corrected chi connectivity index (χ3v) is 2.87. The monoisotopic (exact) mass is 255 g/mol. The van der Waals surface area contributed by atoms with E-state index < -0.39 is 0 Å². The van der Waals surface area contributed by atoms with Gasteiger partial charge in [0.2, 0.25) is 0 Å². The van der Waals surface area contributed by atoms with Crippen LogP contribution >= 0.6 is 0 Å². The Kier molecular flexibility index (Phi) is 4.56. The molecule has 0 radical (unpaired) electrons. The highest BCUT2D eigenvalue weighted by Crippen LogP contribution is 2.11. The summed E-state index contributed by atoms with van der Waals surface area (Å²) in [4.78, 5) is 13.8. The molecule has 3 heteroatoms. The number of furan rings is 1. The number of hydrogen-bond acceptors (Lipinski definition) is 3. The van der Waals surface area contributed by atoms with E-state index in [0.29, 0.717) is 18.7 Å². The molecule has 0 amide bonds. The average molecular weight is 255 g/mol. The van der Waals surface area contributed by atoms with Crippen LogP contribution in [0.5, 0.6) is 0 Å². The van der Waals surface area contributed by atoms with Crippen molar-refractivity contribution in [3.63, 3.8) is 0 Å². The summed E-state index contributed by atoms with van der Waals surface area (Å²) in [5, 5.41) is 0. The predicted octanol–water partition coefficient (Wildman–Crippen LogP) is 3.39. The fourth-order valence-corrected chi connectivity index (χ4v) is 1.73. The maximum absolute atomic E-state index is 11.7. The first-order valence-electron chi connectivity index (χ1n) is 6.26. The van der Waals surface area contributed by atoms with Crippen molar-refractivity contribution < 1.29 is 9.21 Å². The van der Waals surface area contributed by atoms with Crippen LogP contribution in [0.4, 0.5) is 5.69 Å².